The van der Waals surface area contributed by atoms with E-state index in [4.69, 9.17) is 9.51 Å². The number of nitrogens with zero attached hydrogens (tertiary/aromatic N) is 3. The number of benzene rings is 3. The fourth-order valence-electron chi connectivity index (χ4n) is 5.10. The van der Waals surface area contributed by atoms with Gasteiger partial charge in [-0.15, -0.1) is 0 Å². The number of nitrogens with one attached hydrogen (secondary N) is 2. The minimum atomic E-state index is -0.595. The summed E-state index contributed by atoms with van der Waals surface area (Å²) in [5.41, 5.74) is 6.87. The van der Waals surface area contributed by atoms with Gasteiger partial charge in [0.15, 0.2) is 5.82 Å². The van der Waals surface area contributed by atoms with Gasteiger partial charge in [0.05, 0.1) is 17.8 Å². The summed E-state index contributed by atoms with van der Waals surface area (Å²) in [6, 6.07) is 23.8. The Hall–Kier alpha value is -4.98. The predicted molar refractivity (Wildman–Crippen MR) is 154 cm³/mol. The Balaban J connectivity index is 0.00000323. The van der Waals surface area contributed by atoms with E-state index < -0.39 is 5.76 Å². The summed E-state index contributed by atoms with van der Waals surface area (Å²) in [4.78, 5) is 36.1. The van der Waals surface area contributed by atoms with E-state index in [1.165, 1.54) is 0 Å². The molecule has 0 bridgehead atoms. The van der Waals surface area contributed by atoms with Gasteiger partial charge < -0.3 is 4.98 Å². The Kier molecular flexibility index (Phi) is 6.28. The van der Waals surface area contributed by atoms with E-state index in [9.17, 15) is 9.59 Å². The van der Waals surface area contributed by atoms with Crippen molar-refractivity contribution in [1.82, 2.24) is 24.7 Å². The number of fused-ring (bicyclic) bond motifs is 1. The molecule has 0 aliphatic heterocycles. The lowest BCUT2D eigenvalue weighted by atomic mass is 9.98. The summed E-state index contributed by atoms with van der Waals surface area (Å²) < 4.78 is 6.51. The highest BCUT2D eigenvalue weighted by Gasteiger charge is 2.17. The van der Waals surface area contributed by atoms with Crippen LogP contribution < -0.4 is 11.3 Å². The van der Waals surface area contributed by atoms with Crippen molar-refractivity contribution in [1.29, 1.82) is 0 Å². The van der Waals surface area contributed by atoms with E-state index in [1.807, 2.05) is 85.9 Å². The fourth-order valence-corrected chi connectivity index (χ4v) is 5.10. The molecule has 0 unspecified atom stereocenters. The minimum absolute atomic E-state index is 0. The first-order chi connectivity index (χ1) is 19.0. The van der Waals surface area contributed by atoms with Crippen molar-refractivity contribution < 1.29 is 5.95 Å². The van der Waals surface area contributed by atoms with Crippen LogP contribution >= 0.6 is 0 Å². The zero-order valence-corrected chi connectivity index (χ0v) is 21.7. The van der Waals surface area contributed by atoms with Crippen LogP contribution in [0.1, 0.15) is 31.9 Å². The van der Waals surface area contributed by atoms with E-state index >= 15 is 0 Å². The second-order valence-electron chi connectivity index (χ2n) is 9.60. The zero-order chi connectivity index (χ0) is 26.9. The molecule has 3 aromatic carbocycles. The Bertz CT molecular complexity index is 1910. The van der Waals surface area contributed by atoms with E-state index in [0.29, 0.717) is 24.4 Å². The molecule has 0 amide bonds. The Morgan fingerprint density at radius 3 is 2.46 bits per heavy atom. The number of hydrogen-bond donors (Lipinski definition) is 2. The molecule has 0 aliphatic carbocycles. The lowest BCUT2D eigenvalue weighted by Gasteiger charge is -2.16. The van der Waals surface area contributed by atoms with E-state index in [2.05, 4.69) is 22.0 Å². The predicted octanol–water partition coefficient (Wildman–Crippen LogP) is 5.96. The first-order valence-corrected chi connectivity index (χ1v) is 12.9. The quantitative estimate of drug-likeness (QED) is 0.271. The number of H-pyrrole nitrogens is 2. The number of hydrogen-bond acceptors (Lipinski definition) is 5. The molecule has 0 aliphatic rings. The van der Waals surface area contributed by atoms with Crippen LogP contribution in [0, 0.1) is 6.92 Å². The van der Waals surface area contributed by atoms with Gasteiger partial charge in [-0.3, -0.25) is 18.9 Å². The Morgan fingerprint density at radius 2 is 1.72 bits per heavy atom. The van der Waals surface area contributed by atoms with Crippen molar-refractivity contribution in [3.8, 4) is 33.6 Å². The number of aryl methyl sites for hydroxylation is 2. The fraction of sp³-hybridized carbons (Fsp3) is 0.161. The first kappa shape index (κ1) is 24.4. The maximum Gasteiger partial charge on any atom is 0.439 e. The smallest absolute Gasteiger partial charge is 0.361 e. The van der Waals surface area contributed by atoms with Gasteiger partial charge in [0.2, 0.25) is 0 Å². The largest absolute Gasteiger partial charge is 0.439 e. The van der Waals surface area contributed by atoms with Crippen molar-refractivity contribution in [2.45, 2.75) is 33.2 Å². The van der Waals surface area contributed by atoms with Crippen LogP contribution in [0.2, 0.25) is 0 Å². The van der Waals surface area contributed by atoms with Gasteiger partial charge in [-0.25, -0.2) is 9.78 Å². The molecule has 196 valence electrons. The molecule has 3 heterocycles. The standard InChI is InChI=1S/C31H27N5O3.H2/c1-3-6-27-33-19(2)28(23-13-14-26-22(17-23)15-16-32-26)30(37)36(27)18-20-9-11-21(12-10-20)24-7-4-5-8-25(24)29-34-31(38)39-35-29;/h4-5,7-17,32H,3,6,18H2,1-2H3,(H,34,35,38);1H. The monoisotopic (exact) mass is 519 g/mol. The molecular formula is C31H29N5O3. The summed E-state index contributed by atoms with van der Waals surface area (Å²) in [6.07, 6.45) is 3.50. The van der Waals surface area contributed by atoms with Gasteiger partial charge in [-0.05, 0) is 59.2 Å². The first-order valence-electron chi connectivity index (χ1n) is 12.9. The van der Waals surface area contributed by atoms with Crippen LogP contribution in [0.4, 0.5) is 0 Å². The number of aromatic nitrogens is 5. The van der Waals surface area contributed by atoms with Crippen molar-refractivity contribution in [3.05, 3.63) is 117 Å². The van der Waals surface area contributed by atoms with Gasteiger partial charge in [0.25, 0.3) is 5.56 Å². The molecule has 3 aromatic heterocycles. The average Bonchev–Trinajstić information content (AvgIpc) is 3.60. The van der Waals surface area contributed by atoms with Gasteiger partial charge in [0.1, 0.15) is 5.82 Å². The molecule has 0 fully saturated rings. The maximum atomic E-state index is 13.9. The molecule has 8 heteroatoms. The van der Waals surface area contributed by atoms with Crippen LogP contribution in [-0.4, -0.2) is 24.7 Å². The molecule has 0 radical (unpaired) electrons. The SMILES string of the molecule is CCCc1nc(C)c(-c2ccc3[nH]ccc3c2)c(=O)n1Cc1ccc(-c2ccccc2-c2noc(=O)[nH]2)cc1.[HH]. The van der Waals surface area contributed by atoms with Crippen molar-refractivity contribution in [3.63, 3.8) is 0 Å². The second-order valence-corrected chi connectivity index (χ2v) is 9.60. The van der Waals surface area contributed by atoms with Crippen LogP contribution in [0.25, 0.3) is 44.5 Å². The van der Waals surface area contributed by atoms with Crippen LogP contribution in [0.3, 0.4) is 0 Å². The third-order valence-electron chi connectivity index (χ3n) is 6.97. The molecule has 8 nitrogen and oxygen atoms in total. The molecule has 6 aromatic rings. The summed E-state index contributed by atoms with van der Waals surface area (Å²) in [5, 5.41) is 4.90. The third-order valence-corrected chi connectivity index (χ3v) is 6.97. The summed E-state index contributed by atoms with van der Waals surface area (Å²) in [7, 11) is 0. The van der Waals surface area contributed by atoms with Crippen LogP contribution in [-0.2, 0) is 13.0 Å². The van der Waals surface area contributed by atoms with Crippen LogP contribution in [0.5, 0.6) is 0 Å². The average molecular weight is 520 g/mol. The molecule has 0 saturated heterocycles. The van der Waals surface area contributed by atoms with Crippen LogP contribution in [0.15, 0.2) is 93.1 Å². The maximum absolute atomic E-state index is 13.9. The van der Waals surface area contributed by atoms with Gasteiger partial charge >= 0.3 is 5.76 Å². The summed E-state index contributed by atoms with van der Waals surface area (Å²) in [5.74, 6) is 0.574. The zero-order valence-electron chi connectivity index (χ0n) is 21.7. The summed E-state index contributed by atoms with van der Waals surface area (Å²) >= 11 is 0. The highest BCUT2D eigenvalue weighted by atomic mass is 16.5. The normalized spacial score (nSPS) is 11.3. The molecule has 0 spiro atoms. The summed E-state index contributed by atoms with van der Waals surface area (Å²) in [6.45, 7) is 4.42. The third kappa shape index (κ3) is 4.61. The van der Waals surface area contributed by atoms with Gasteiger partial charge in [0, 0.05) is 25.1 Å². The lowest BCUT2D eigenvalue weighted by molar-refractivity contribution is 0.388. The minimum Gasteiger partial charge on any atom is -0.361 e. The van der Waals surface area contributed by atoms with Crippen molar-refractivity contribution >= 4 is 10.9 Å². The van der Waals surface area contributed by atoms with Crippen molar-refractivity contribution in [2.75, 3.05) is 0 Å². The highest BCUT2D eigenvalue weighted by molar-refractivity contribution is 5.85. The highest BCUT2D eigenvalue weighted by Crippen LogP contribution is 2.30. The topological polar surface area (TPSA) is 110 Å². The Labute approximate surface area is 225 Å². The molecule has 39 heavy (non-hydrogen) atoms. The van der Waals surface area contributed by atoms with E-state index in [1.54, 1.807) is 4.57 Å². The number of aromatic amines is 2. The van der Waals surface area contributed by atoms with E-state index in [0.717, 1.165) is 56.7 Å². The van der Waals surface area contributed by atoms with E-state index in [-0.39, 0.29) is 6.99 Å². The number of rotatable bonds is 7. The lowest BCUT2D eigenvalue weighted by Crippen LogP contribution is -2.28. The molecule has 6 rings (SSSR count). The second kappa shape index (κ2) is 10.1. The Morgan fingerprint density at radius 1 is 0.949 bits per heavy atom. The van der Waals surface area contributed by atoms with Gasteiger partial charge in [-0.2, -0.15) is 0 Å². The van der Waals surface area contributed by atoms with Gasteiger partial charge in [-0.1, -0.05) is 66.7 Å². The molecular weight excluding hydrogens is 490 g/mol. The molecule has 0 atom stereocenters. The molecule has 0 saturated carbocycles. The molecule has 2 N–H and O–H groups in total. The van der Waals surface area contributed by atoms with Crippen molar-refractivity contribution in [2.24, 2.45) is 0 Å².